The predicted octanol–water partition coefficient (Wildman–Crippen LogP) is -0.560. The molecule has 0 aliphatic rings. The highest BCUT2D eigenvalue weighted by atomic mass is 32.2. The molecule has 1 aromatic carbocycles. The van der Waals surface area contributed by atoms with E-state index in [0.29, 0.717) is 23.5 Å². The molecule has 1 aromatic rings. The number of carbonyl (C=O) groups is 5. The Bertz CT molecular complexity index is 1040. The third kappa shape index (κ3) is 12.9. The van der Waals surface area contributed by atoms with Gasteiger partial charge >= 0.3 is 5.97 Å². The molecule has 236 valence electrons. The third-order valence-electron chi connectivity index (χ3n) is 6.27. The smallest absolute Gasteiger partial charge is 0.326 e. The van der Waals surface area contributed by atoms with Gasteiger partial charge in [-0.1, -0.05) is 26.0 Å². The molecule has 15 heteroatoms. The Morgan fingerprint density at radius 3 is 1.81 bits per heavy atom. The maximum atomic E-state index is 13.3. The Morgan fingerprint density at radius 1 is 0.786 bits per heavy atom. The average molecular weight is 630 g/mol. The number of nitrogens with two attached hydrogens (primary N) is 1. The molecule has 1 rings (SSSR count). The number of benzene rings is 1. The normalized spacial score (nSPS) is 14.6. The van der Waals surface area contributed by atoms with Crippen molar-refractivity contribution in [1.29, 1.82) is 0 Å². The summed E-state index contributed by atoms with van der Waals surface area (Å²) in [7, 11) is 0. The molecule has 5 atom stereocenters. The number of aliphatic carboxylic acids is 1. The van der Waals surface area contributed by atoms with Crippen LogP contribution in [-0.4, -0.2) is 106 Å². The monoisotopic (exact) mass is 629 g/mol. The van der Waals surface area contributed by atoms with Crippen molar-refractivity contribution in [2.75, 3.05) is 30.6 Å². The number of phenolic OH excluding ortho intramolecular Hbond substituents is 1. The van der Waals surface area contributed by atoms with Gasteiger partial charge in [-0.2, -0.15) is 23.5 Å². The lowest BCUT2D eigenvalue weighted by atomic mass is 10.0. The van der Waals surface area contributed by atoms with Crippen molar-refractivity contribution in [1.82, 2.24) is 21.3 Å². The average Bonchev–Trinajstić information content (AvgIpc) is 2.95. The molecule has 9 N–H and O–H groups in total. The summed E-state index contributed by atoms with van der Waals surface area (Å²) in [6.45, 7) is 2.45. The van der Waals surface area contributed by atoms with Gasteiger partial charge in [0, 0.05) is 6.42 Å². The number of rotatable bonds is 19. The van der Waals surface area contributed by atoms with Crippen molar-refractivity contribution in [3.8, 4) is 5.75 Å². The highest BCUT2D eigenvalue weighted by molar-refractivity contribution is 7.98. The Kier molecular flexibility index (Phi) is 16.9. The van der Waals surface area contributed by atoms with Crippen LogP contribution in [0.25, 0.3) is 0 Å². The predicted molar refractivity (Wildman–Crippen MR) is 163 cm³/mol. The van der Waals surface area contributed by atoms with Crippen LogP contribution < -0.4 is 27.0 Å². The van der Waals surface area contributed by atoms with Gasteiger partial charge in [-0.15, -0.1) is 0 Å². The highest BCUT2D eigenvalue weighted by Crippen LogP contribution is 2.12. The maximum absolute atomic E-state index is 13.3. The summed E-state index contributed by atoms with van der Waals surface area (Å²) in [5, 5.41) is 38.9. The number of aliphatic hydroxyl groups excluding tert-OH is 1. The van der Waals surface area contributed by atoms with Crippen molar-refractivity contribution in [2.45, 2.75) is 63.3 Å². The summed E-state index contributed by atoms with van der Waals surface area (Å²) in [4.78, 5) is 63.6. The fraction of sp³-hybridized carbons (Fsp3) is 0.593. The highest BCUT2D eigenvalue weighted by Gasteiger charge is 2.32. The number of nitrogens with one attached hydrogen (secondary N) is 4. The molecule has 0 unspecified atom stereocenters. The van der Waals surface area contributed by atoms with E-state index in [2.05, 4.69) is 21.3 Å². The van der Waals surface area contributed by atoms with E-state index >= 15 is 0 Å². The van der Waals surface area contributed by atoms with E-state index in [0.717, 1.165) is 0 Å². The van der Waals surface area contributed by atoms with E-state index in [-0.39, 0.29) is 18.6 Å². The number of carboxylic acids is 1. The van der Waals surface area contributed by atoms with E-state index in [1.165, 1.54) is 35.7 Å². The summed E-state index contributed by atoms with van der Waals surface area (Å²) in [6, 6.07) is 0.159. The molecule has 0 aliphatic carbocycles. The Labute approximate surface area is 254 Å². The van der Waals surface area contributed by atoms with Gasteiger partial charge in [0.1, 0.15) is 29.9 Å². The lowest BCUT2D eigenvalue weighted by molar-refractivity contribution is -0.143. The van der Waals surface area contributed by atoms with E-state index in [1.807, 2.05) is 6.26 Å². The molecule has 0 radical (unpaired) electrons. The number of amides is 4. The molecule has 0 saturated heterocycles. The molecular formula is C27H43N5O8S2. The van der Waals surface area contributed by atoms with Crippen LogP contribution in [0.15, 0.2) is 24.3 Å². The first-order valence-electron chi connectivity index (χ1n) is 13.4. The first-order valence-corrected chi connectivity index (χ1v) is 16.2. The van der Waals surface area contributed by atoms with Crippen molar-refractivity contribution in [3.63, 3.8) is 0 Å². The molecule has 0 saturated carbocycles. The van der Waals surface area contributed by atoms with Crippen LogP contribution in [0.2, 0.25) is 0 Å². The van der Waals surface area contributed by atoms with Gasteiger partial charge < -0.3 is 42.3 Å². The number of hydrogen-bond donors (Lipinski definition) is 8. The van der Waals surface area contributed by atoms with E-state index in [4.69, 9.17) is 5.73 Å². The van der Waals surface area contributed by atoms with Crippen LogP contribution in [0.5, 0.6) is 5.75 Å². The minimum Gasteiger partial charge on any atom is -0.508 e. The molecule has 0 aliphatic heterocycles. The number of carboxylic acid groups (broad SMARTS) is 1. The molecule has 42 heavy (non-hydrogen) atoms. The molecule has 4 amide bonds. The zero-order valence-corrected chi connectivity index (χ0v) is 25.9. The van der Waals surface area contributed by atoms with Gasteiger partial charge in [0.15, 0.2) is 0 Å². The van der Waals surface area contributed by atoms with Crippen LogP contribution in [0.3, 0.4) is 0 Å². The molecule has 0 heterocycles. The second-order valence-corrected chi connectivity index (χ2v) is 11.9. The number of thioether (sulfide) groups is 2. The maximum Gasteiger partial charge on any atom is 0.326 e. The summed E-state index contributed by atoms with van der Waals surface area (Å²) in [5.41, 5.74) is 6.56. The molecule has 0 fully saturated rings. The topological polar surface area (TPSA) is 220 Å². The zero-order chi connectivity index (χ0) is 31.8. The largest absolute Gasteiger partial charge is 0.508 e. The lowest BCUT2D eigenvalue weighted by Crippen LogP contribution is -2.60. The van der Waals surface area contributed by atoms with Crippen LogP contribution in [0.4, 0.5) is 0 Å². The van der Waals surface area contributed by atoms with E-state index in [9.17, 15) is 39.3 Å². The van der Waals surface area contributed by atoms with Crippen LogP contribution in [-0.2, 0) is 30.4 Å². The van der Waals surface area contributed by atoms with Gasteiger partial charge in [0.2, 0.25) is 23.6 Å². The number of hydrogen-bond acceptors (Lipinski definition) is 10. The molecule has 0 bridgehead atoms. The Morgan fingerprint density at radius 2 is 1.29 bits per heavy atom. The summed E-state index contributed by atoms with van der Waals surface area (Å²) in [5.74, 6) is -3.45. The standard InChI is InChI=1S/C27H43N5O8S2/c1-15(2)22(27(39)40)32-24(36)19(10-12-42-4)29-26(38)21(14-33)31-25(37)20(13-16-5-7-17(34)8-6-16)30-23(35)18(28)9-11-41-3/h5-8,15,18-22,33-34H,9-14,28H2,1-4H3,(H,29,38)(H,30,35)(H,31,37)(H,32,36)(H,39,40)/t18-,19-,20-,21-,22-/m0/s1. The summed E-state index contributed by atoms with van der Waals surface area (Å²) < 4.78 is 0. The zero-order valence-electron chi connectivity index (χ0n) is 24.3. The Hall–Kier alpha value is -3.01. The van der Waals surface area contributed by atoms with Crippen LogP contribution in [0.1, 0.15) is 32.3 Å². The molecule has 13 nitrogen and oxygen atoms in total. The second-order valence-electron chi connectivity index (χ2n) is 9.97. The first-order chi connectivity index (χ1) is 19.8. The molecule has 0 aromatic heterocycles. The van der Waals surface area contributed by atoms with E-state index in [1.54, 1.807) is 32.2 Å². The van der Waals surface area contributed by atoms with Crippen molar-refractivity contribution in [3.05, 3.63) is 29.8 Å². The molecular weight excluding hydrogens is 586 g/mol. The number of phenols is 1. The fourth-order valence-corrected chi connectivity index (χ4v) is 4.70. The van der Waals surface area contributed by atoms with E-state index < -0.39 is 72.3 Å². The van der Waals surface area contributed by atoms with Crippen molar-refractivity contribution in [2.24, 2.45) is 11.7 Å². The van der Waals surface area contributed by atoms with Gasteiger partial charge in [0.25, 0.3) is 0 Å². The quantitative estimate of drug-likeness (QED) is 0.0969. The van der Waals surface area contributed by atoms with Crippen LogP contribution in [0, 0.1) is 5.92 Å². The van der Waals surface area contributed by atoms with Crippen molar-refractivity contribution < 1.29 is 39.3 Å². The number of carbonyl (C=O) groups excluding carboxylic acids is 4. The summed E-state index contributed by atoms with van der Waals surface area (Å²) >= 11 is 2.93. The summed E-state index contributed by atoms with van der Waals surface area (Å²) in [6.07, 6.45) is 4.22. The fourth-order valence-electron chi connectivity index (χ4n) is 3.74. The minimum absolute atomic E-state index is 0.00258. The van der Waals surface area contributed by atoms with Gasteiger partial charge in [-0.25, -0.2) is 4.79 Å². The number of aliphatic hydroxyl groups is 1. The SMILES string of the molecule is CSCC[C@H](NC(=O)[C@H](CO)NC(=O)[C@H](Cc1ccc(O)cc1)NC(=O)[C@@H](N)CCSC)C(=O)N[C@H](C(=O)O)C(C)C. The lowest BCUT2D eigenvalue weighted by Gasteiger charge is -2.26. The second kappa shape index (κ2) is 19.2. The van der Waals surface area contributed by atoms with Gasteiger partial charge in [0.05, 0.1) is 12.6 Å². The van der Waals surface area contributed by atoms with Gasteiger partial charge in [-0.05, 0) is 60.5 Å². The van der Waals surface area contributed by atoms with Gasteiger partial charge in [-0.3, -0.25) is 19.2 Å². The molecule has 0 spiro atoms. The number of aromatic hydroxyl groups is 1. The first kappa shape index (κ1) is 37.0. The Balaban J connectivity index is 3.08. The third-order valence-corrected chi connectivity index (χ3v) is 7.56. The van der Waals surface area contributed by atoms with Crippen molar-refractivity contribution >= 4 is 53.1 Å². The van der Waals surface area contributed by atoms with Crippen LogP contribution >= 0.6 is 23.5 Å². The minimum atomic E-state index is -1.48.